The van der Waals surface area contributed by atoms with Gasteiger partial charge in [0, 0.05) is 12.2 Å². The quantitative estimate of drug-likeness (QED) is 0.864. The molecule has 0 bridgehead atoms. The van der Waals surface area contributed by atoms with Crippen LogP contribution in [0.1, 0.15) is 31.9 Å². The van der Waals surface area contributed by atoms with Gasteiger partial charge in [-0.05, 0) is 40.8 Å². The Morgan fingerprint density at radius 2 is 1.59 bits per heavy atom. The Morgan fingerprint density at radius 1 is 1.00 bits per heavy atom. The Hall–Kier alpha value is -2.36. The van der Waals surface area contributed by atoms with Crippen LogP contribution in [0.15, 0.2) is 48.5 Å². The summed E-state index contributed by atoms with van der Waals surface area (Å²) < 4.78 is 12.8. The predicted octanol–water partition coefficient (Wildman–Crippen LogP) is 4.44. The van der Waals surface area contributed by atoms with Crippen molar-refractivity contribution in [3.8, 4) is 0 Å². The molecule has 0 aliphatic carbocycles. The fourth-order valence-corrected chi connectivity index (χ4v) is 2.01. The first kappa shape index (κ1) is 16.0. The summed E-state index contributed by atoms with van der Waals surface area (Å²) in [5.74, 6) is -0.285. The zero-order chi connectivity index (χ0) is 16.2. The van der Waals surface area contributed by atoms with Gasteiger partial charge in [-0.1, -0.05) is 45.0 Å². The van der Waals surface area contributed by atoms with E-state index in [1.807, 2.05) is 24.3 Å². The lowest BCUT2D eigenvalue weighted by atomic mass is 9.87. The molecule has 3 nitrogen and oxygen atoms in total. The first-order valence-corrected chi connectivity index (χ1v) is 7.24. The maximum atomic E-state index is 12.8. The van der Waals surface area contributed by atoms with E-state index in [0.29, 0.717) is 6.54 Å². The molecule has 2 rings (SSSR count). The van der Waals surface area contributed by atoms with Crippen LogP contribution in [0.2, 0.25) is 0 Å². The molecular formula is C18H21FN2O. The van der Waals surface area contributed by atoms with Gasteiger partial charge in [-0.25, -0.2) is 9.18 Å². The molecule has 0 heterocycles. The van der Waals surface area contributed by atoms with Crippen LogP contribution in [-0.4, -0.2) is 6.03 Å². The van der Waals surface area contributed by atoms with E-state index in [4.69, 9.17) is 0 Å². The van der Waals surface area contributed by atoms with Gasteiger partial charge in [-0.15, -0.1) is 0 Å². The van der Waals surface area contributed by atoms with Crippen molar-refractivity contribution in [3.63, 3.8) is 0 Å². The Bertz CT molecular complexity index is 628. The molecule has 2 amide bonds. The number of nitrogens with one attached hydrogen (secondary N) is 2. The summed E-state index contributed by atoms with van der Waals surface area (Å²) in [6.07, 6.45) is 0. The number of halogens is 1. The smallest absolute Gasteiger partial charge is 0.319 e. The van der Waals surface area contributed by atoms with Crippen LogP contribution < -0.4 is 10.6 Å². The second-order valence-corrected chi connectivity index (χ2v) is 6.26. The second-order valence-electron chi connectivity index (χ2n) is 6.26. The van der Waals surface area contributed by atoms with Crippen LogP contribution in [0, 0.1) is 5.82 Å². The molecule has 0 saturated heterocycles. The number of amides is 2. The number of hydrogen-bond donors (Lipinski definition) is 2. The van der Waals surface area contributed by atoms with Crippen LogP contribution in [-0.2, 0) is 12.0 Å². The van der Waals surface area contributed by atoms with Crippen molar-refractivity contribution >= 4 is 11.7 Å². The van der Waals surface area contributed by atoms with E-state index in [-0.39, 0.29) is 17.3 Å². The Balaban J connectivity index is 1.88. The lowest BCUT2D eigenvalue weighted by molar-refractivity contribution is 0.251. The lowest BCUT2D eigenvalue weighted by Crippen LogP contribution is -2.28. The normalized spacial score (nSPS) is 11.1. The highest BCUT2D eigenvalue weighted by Gasteiger charge is 2.13. The van der Waals surface area contributed by atoms with E-state index >= 15 is 0 Å². The molecular weight excluding hydrogens is 279 g/mol. The van der Waals surface area contributed by atoms with E-state index in [1.165, 1.54) is 17.7 Å². The van der Waals surface area contributed by atoms with Gasteiger partial charge in [-0.2, -0.15) is 0 Å². The fourth-order valence-electron chi connectivity index (χ4n) is 2.01. The SMILES string of the molecule is CC(C)(C)c1ccc(NC(=O)NCc2ccc(F)cc2)cc1. The summed E-state index contributed by atoms with van der Waals surface area (Å²) >= 11 is 0. The predicted molar refractivity (Wildman–Crippen MR) is 87.4 cm³/mol. The summed E-state index contributed by atoms with van der Waals surface area (Å²) in [7, 11) is 0. The molecule has 0 radical (unpaired) electrons. The van der Waals surface area contributed by atoms with Crippen molar-refractivity contribution in [2.24, 2.45) is 0 Å². The minimum absolute atomic E-state index is 0.0867. The topological polar surface area (TPSA) is 41.1 Å². The average Bonchev–Trinajstić information content (AvgIpc) is 2.46. The van der Waals surface area contributed by atoms with Crippen molar-refractivity contribution in [1.29, 1.82) is 0 Å². The maximum absolute atomic E-state index is 12.8. The third kappa shape index (κ3) is 4.58. The Morgan fingerprint density at radius 3 is 2.14 bits per heavy atom. The molecule has 4 heteroatoms. The summed E-state index contributed by atoms with van der Waals surface area (Å²) in [4.78, 5) is 11.8. The summed E-state index contributed by atoms with van der Waals surface area (Å²) in [5, 5.41) is 5.52. The largest absolute Gasteiger partial charge is 0.334 e. The Kier molecular flexibility index (Phi) is 4.81. The zero-order valence-electron chi connectivity index (χ0n) is 13.1. The van der Waals surface area contributed by atoms with Gasteiger partial charge >= 0.3 is 6.03 Å². The summed E-state index contributed by atoms with van der Waals surface area (Å²) in [5.41, 5.74) is 2.89. The number of urea groups is 1. The summed E-state index contributed by atoms with van der Waals surface area (Å²) in [6, 6.07) is 13.6. The van der Waals surface area contributed by atoms with Crippen molar-refractivity contribution in [2.75, 3.05) is 5.32 Å². The van der Waals surface area contributed by atoms with Crippen LogP contribution >= 0.6 is 0 Å². The average molecular weight is 300 g/mol. The lowest BCUT2D eigenvalue weighted by Gasteiger charge is -2.19. The minimum Gasteiger partial charge on any atom is -0.334 e. The van der Waals surface area contributed by atoms with Crippen molar-refractivity contribution in [3.05, 3.63) is 65.5 Å². The number of hydrogen-bond acceptors (Lipinski definition) is 1. The fraction of sp³-hybridized carbons (Fsp3) is 0.278. The third-order valence-corrected chi connectivity index (χ3v) is 3.38. The number of benzene rings is 2. The molecule has 0 aliphatic heterocycles. The minimum atomic E-state index is -0.285. The molecule has 0 atom stereocenters. The van der Waals surface area contributed by atoms with Gasteiger partial charge in [0.15, 0.2) is 0 Å². The maximum Gasteiger partial charge on any atom is 0.319 e. The van der Waals surface area contributed by atoms with Crippen LogP contribution in [0.5, 0.6) is 0 Å². The summed E-state index contributed by atoms with van der Waals surface area (Å²) in [6.45, 7) is 6.78. The number of rotatable bonds is 3. The van der Waals surface area contributed by atoms with Crippen molar-refractivity contribution in [1.82, 2.24) is 5.32 Å². The highest BCUT2D eigenvalue weighted by Crippen LogP contribution is 2.23. The molecule has 116 valence electrons. The highest BCUT2D eigenvalue weighted by molar-refractivity contribution is 5.89. The molecule has 0 fully saturated rings. The van der Waals surface area contributed by atoms with Crippen LogP contribution in [0.3, 0.4) is 0 Å². The van der Waals surface area contributed by atoms with Gasteiger partial charge in [0.05, 0.1) is 0 Å². The van der Waals surface area contributed by atoms with E-state index < -0.39 is 0 Å². The molecule has 0 spiro atoms. The second kappa shape index (κ2) is 6.60. The highest BCUT2D eigenvalue weighted by atomic mass is 19.1. The van der Waals surface area contributed by atoms with Gasteiger partial charge < -0.3 is 10.6 Å². The molecule has 0 saturated carbocycles. The molecule has 0 aromatic heterocycles. The Labute approximate surface area is 130 Å². The number of carbonyl (C=O) groups excluding carboxylic acids is 1. The first-order chi connectivity index (χ1) is 10.3. The molecule has 2 aromatic carbocycles. The molecule has 22 heavy (non-hydrogen) atoms. The van der Waals surface area contributed by atoms with Gasteiger partial charge in [0.2, 0.25) is 0 Å². The standard InChI is InChI=1S/C18H21FN2O/c1-18(2,3)14-6-10-16(11-7-14)21-17(22)20-12-13-4-8-15(19)9-5-13/h4-11H,12H2,1-3H3,(H2,20,21,22). The van der Waals surface area contributed by atoms with Gasteiger partial charge in [0.25, 0.3) is 0 Å². The molecule has 2 N–H and O–H groups in total. The molecule has 0 unspecified atom stereocenters. The number of carbonyl (C=O) groups is 1. The van der Waals surface area contributed by atoms with Crippen LogP contribution in [0.4, 0.5) is 14.9 Å². The van der Waals surface area contributed by atoms with E-state index in [9.17, 15) is 9.18 Å². The van der Waals surface area contributed by atoms with E-state index in [2.05, 4.69) is 31.4 Å². The monoisotopic (exact) mass is 300 g/mol. The number of anilines is 1. The van der Waals surface area contributed by atoms with Gasteiger partial charge in [0.1, 0.15) is 5.82 Å². The van der Waals surface area contributed by atoms with E-state index in [1.54, 1.807) is 12.1 Å². The van der Waals surface area contributed by atoms with Gasteiger partial charge in [-0.3, -0.25) is 0 Å². The van der Waals surface area contributed by atoms with E-state index in [0.717, 1.165) is 11.3 Å². The molecule has 2 aromatic rings. The van der Waals surface area contributed by atoms with Crippen molar-refractivity contribution in [2.45, 2.75) is 32.7 Å². The first-order valence-electron chi connectivity index (χ1n) is 7.24. The zero-order valence-corrected chi connectivity index (χ0v) is 13.1. The van der Waals surface area contributed by atoms with Crippen molar-refractivity contribution < 1.29 is 9.18 Å². The third-order valence-electron chi connectivity index (χ3n) is 3.38. The van der Waals surface area contributed by atoms with Crippen LogP contribution in [0.25, 0.3) is 0 Å². The molecule has 0 aliphatic rings.